The Morgan fingerprint density at radius 2 is 2.20 bits per heavy atom. The minimum absolute atomic E-state index is 0.216. The van der Waals surface area contributed by atoms with E-state index >= 15 is 0 Å². The molecule has 2 heterocycles. The van der Waals surface area contributed by atoms with Crippen LogP contribution < -0.4 is 5.32 Å². The lowest BCUT2D eigenvalue weighted by Crippen LogP contribution is -2.20. The van der Waals surface area contributed by atoms with Gasteiger partial charge in [0.15, 0.2) is 0 Å². The molecule has 0 aliphatic heterocycles. The van der Waals surface area contributed by atoms with E-state index in [2.05, 4.69) is 28.4 Å². The van der Waals surface area contributed by atoms with Gasteiger partial charge in [-0.25, -0.2) is 0 Å². The van der Waals surface area contributed by atoms with E-state index in [0.717, 1.165) is 29.3 Å². The van der Waals surface area contributed by atoms with E-state index in [9.17, 15) is 0 Å². The highest BCUT2D eigenvalue weighted by molar-refractivity contribution is 6.30. The number of rotatable bonds is 5. The molecule has 20 heavy (non-hydrogen) atoms. The van der Waals surface area contributed by atoms with Crippen molar-refractivity contribution in [2.24, 2.45) is 7.05 Å². The standard InChI is InChI=1S/C15H21ClN4/c1-5-11-9-18-7-6-12(11)14(17-3)8-13-10(2)19-20(4)15(13)16/h6-7,9,14,17H,5,8H2,1-4H3. The topological polar surface area (TPSA) is 42.7 Å². The molecule has 0 fully saturated rings. The van der Waals surface area contributed by atoms with Crippen LogP contribution in [0.4, 0.5) is 0 Å². The quantitative estimate of drug-likeness (QED) is 0.921. The lowest BCUT2D eigenvalue weighted by Gasteiger charge is -2.19. The molecular formula is C15H21ClN4. The predicted octanol–water partition coefficient (Wildman–Crippen LogP) is 2.84. The summed E-state index contributed by atoms with van der Waals surface area (Å²) in [4.78, 5) is 4.21. The number of hydrogen-bond acceptors (Lipinski definition) is 3. The van der Waals surface area contributed by atoms with E-state index in [-0.39, 0.29) is 6.04 Å². The van der Waals surface area contributed by atoms with E-state index < -0.39 is 0 Å². The van der Waals surface area contributed by atoms with Crippen molar-refractivity contribution in [3.63, 3.8) is 0 Å². The zero-order chi connectivity index (χ0) is 14.7. The molecule has 0 aromatic carbocycles. The van der Waals surface area contributed by atoms with Crippen LogP contribution in [-0.4, -0.2) is 21.8 Å². The fraction of sp³-hybridized carbons (Fsp3) is 0.467. The molecule has 1 unspecified atom stereocenters. The Bertz CT molecular complexity index is 592. The molecule has 5 heteroatoms. The molecule has 0 aliphatic rings. The average molecular weight is 293 g/mol. The zero-order valence-corrected chi connectivity index (χ0v) is 13.2. The third-order valence-electron chi connectivity index (χ3n) is 3.72. The molecule has 4 nitrogen and oxygen atoms in total. The van der Waals surface area contributed by atoms with Crippen molar-refractivity contribution in [3.05, 3.63) is 46.0 Å². The van der Waals surface area contributed by atoms with E-state index in [1.54, 1.807) is 4.68 Å². The maximum atomic E-state index is 6.34. The van der Waals surface area contributed by atoms with E-state index in [4.69, 9.17) is 11.6 Å². The summed E-state index contributed by atoms with van der Waals surface area (Å²) in [5.41, 5.74) is 4.64. The van der Waals surface area contributed by atoms with Gasteiger partial charge in [0, 0.05) is 31.0 Å². The van der Waals surface area contributed by atoms with Crippen LogP contribution in [0.1, 0.15) is 35.3 Å². The van der Waals surface area contributed by atoms with Gasteiger partial charge in [0.2, 0.25) is 0 Å². The monoisotopic (exact) mass is 292 g/mol. The first kappa shape index (κ1) is 15.0. The highest BCUT2D eigenvalue weighted by Crippen LogP contribution is 2.27. The van der Waals surface area contributed by atoms with Crippen molar-refractivity contribution < 1.29 is 0 Å². The van der Waals surface area contributed by atoms with Gasteiger partial charge in [0.05, 0.1) is 5.69 Å². The molecule has 2 aromatic rings. The van der Waals surface area contributed by atoms with Crippen LogP contribution in [-0.2, 0) is 19.9 Å². The third kappa shape index (κ3) is 2.86. The highest BCUT2D eigenvalue weighted by Gasteiger charge is 2.19. The van der Waals surface area contributed by atoms with Crippen LogP contribution in [0.3, 0.4) is 0 Å². The van der Waals surface area contributed by atoms with Crippen molar-refractivity contribution >= 4 is 11.6 Å². The summed E-state index contributed by atoms with van der Waals surface area (Å²) in [6, 6.07) is 2.30. The number of nitrogens with one attached hydrogen (secondary N) is 1. The summed E-state index contributed by atoms with van der Waals surface area (Å²) in [5, 5.41) is 8.48. The fourth-order valence-electron chi connectivity index (χ4n) is 2.55. The molecule has 1 atom stereocenters. The molecule has 0 radical (unpaired) electrons. The Morgan fingerprint density at radius 3 is 2.75 bits per heavy atom. The molecule has 0 saturated heterocycles. The maximum absolute atomic E-state index is 6.34. The van der Waals surface area contributed by atoms with Crippen molar-refractivity contribution in [1.82, 2.24) is 20.1 Å². The summed E-state index contributed by atoms with van der Waals surface area (Å²) in [6.07, 6.45) is 5.58. The lowest BCUT2D eigenvalue weighted by atomic mass is 9.95. The Labute approximate surface area is 125 Å². The number of nitrogens with zero attached hydrogens (tertiary/aromatic N) is 3. The van der Waals surface area contributed by atoms with Crippen LogP contribution in [0.5, 0.6) is 0 Å². The molecule has 0 saturated carbocycles. The minimum atomic E-state index is 0.216. The molecule has 0 bridgehead atoms. The summed E-state index contributed by atoms with van der Waals surface area (Å²) in [7, 11) is 3.85. The van der Waals surface area contributed by atoms with Crippen LogP contribution in [0.25, 0.3) is 0 Å². The molecular weight excluding hydrogens is 272 g/mol. The van der Waals surface area contributed by atoms with Crippen molar-refractivity contribution in [3.8, 4) is 0 Å². The van der Waals surface area contributed by atoms with Crippen LogP contribution >= 0.6 is 11.6 Å². The fourth-order valence-corrected chi connectivity index (χ4v) is 2.80. The third-order valence-corrected chi connectivity index (χ3v) is 4.20. The molecule has 2 rings (SSSR count). The number of halogens is 1. The smallest absolute Gasteiger partial charge is 0.130 e. The van der Waals surface area contributed by atoms with Gasteiger partial charge in [-0.05, 0) is 44.0 Å². The van der Waals surface area contributed by atoms with Crippen molar-refractivity contribution in [2.45, 2.75) is 32.7 Å². The van der Waals surface area contributed by atoms with Crippen LogP contribution in [0.2, 0.25) is 5.15 Å². The second-order valence-corrected chi connectivity index (χ2v) is 5.31. The average Bonchev–Trinajstić information content (AvgIpc) is 2.70. The SMILES string of the molecule is CCc1cnccc1C(Cc1c(C)nn(C)c1Cl)NC. The van der Waals surface area contributed by atoms with Gasteiger partial charge in [0.1, 0.15) is 5.15 Å². The molecule has 108 valence electrons. The first-order chi connectivity index (χ1) is 9.58. The van der Waals surface area contributed by atoms with Gasteiger partial charge >= 0.3 is 0 Å². The molecule has 0 spiro atoms. The largest absolute Gasteiger partial charge is 0.313 e. The highest BCUT2D eigenvalue weighted by atomic mass is 35.5. The Kier molecular flexibility index (Phi) is 4.78. The molecule has 0 aliphatic carbocycles. The van der Waals surface area contributed by atoms with Crippen molar-refractivity contribution in [2.75, 3.05) is 7.05 Å². The normalized spacial score (nSPS) is 12.7. The molecule has 0 amide bonds. The Balaban J connectivity index is 2.34. The van der Waals surface area contributed by atoms with Gasteiger partial charge in [-0.15, -0.1) is 0 Å². The number of likely N-dealkylation sites (N-methyl/N-ethyl adjacent to an activating group) is 1. The lowest BCUT2D eigenvalue weighted by molar-refractivity contribution is 0.584. The second kappa shape index (κ2) is 6.37. The van der Waals surface area contributed by atoms with Gasteiger partial charge in [-0.2, -0.15) is 5.10 Å². The van der Waals surface area contributed by atoms with Gasteiger partial charge in [-0.3, -0.25) is 9.67 Å². The van der Waals surface area contributed by atoms with Gasteiger partial charge in [-0.1, -0.05) is 18.5 Å². The minimum Gasteiger partial charge on any atom is -0.313 e. The zero-order valence-electron chi connectivity index (χ0n) is 12.4. The predicted molar refractivity (Wildman–Crippen MR) is 82.1 cm³/mol. The maximum Gasteiger partial charge on any atom is 0.130 e. The summed E-state index contributed by atoms with van der Waals surface area (Å²) in [5.74, 6) is 0. The van der Waals surface area contributed by atoms with Gasteiger partial charge in [0.25, 0.3) is 0 Å². The van der Waals surface area contributed by atoms with Gasteiger partial charge < -0.3 is 5.32 Å². The van der Waals surface area contributed by atoms with Crippen LogP contribution in [0, 0.1) is 6.92 Å². The Hall–Kier alpha value is -1.39. The molecule has 1 N–H and O–H groups in total. The van der Waals surface area contributed by atoms with E-state index in [1.165, 1.54) is 11.1 Å². The first-order valence-corrected chi connectivity index (χ1v) is 7.24. The van der Waals surface area contributed by atoms with E-state index in [0.29, 0.717) is 0 Å². The van der Waals surface area contributed by atoms with E-state index in [1.807, 2.05) is 33.4 Å². The second-order valence-electron chi connectivity index (χ2n) is 4.95. The first-order valence-electron chi connectivity index (χ1n) is 6.86. The summed E-state index contributed by atoms with van der Waals surface area (Å²) >= 11 is 6.34. The van der Waals surface area contributed by atoms with Crippen LogP contribution in [0.15, 0.2) is 18.5 Å². The number of aryl methyl sites for hydroxylation is 3. The number of hydrogen-bond donors (Lipinski definition) is 1. The molecule has 2 aromatic heterocycles. The van der Waals surface area contributed by atoms with Crippen molar-refractivity contribution in [1.29, 1.82) is 0 Å². The number of pyridine rings is 1. The summed E-state index contributed by atoms with van der Waals surface area (Å²) in [6.45, 7) is 4.15. The summed E-state index contributed by atoms with van der Waals surface area (Å²) < 4.78 is 1.73. The Morgan fingerprint density at radius 1 is 1.45 bits per heavy atom. The number of aromatic nitrogens is 3.